The van der Waals surface area contributed by atoms with Crippen LogP contribution in [0.1, 0.15) is 46.0 Å². The van der Waals surface area contributed by atoms with Gasteiger partial charge in [0.15, 0.2) is 5.78 Å². The molecule has 0 aliphatic heterocycles. The van der Waals surface area contributed by atoms with Gasteiger partial charge in [-0.1, -0.05) is 13.8 Å². The average molecular weight is 431 g/mol. The number of alkyl halides is 3. The predicted octanol–water partition coefficient (Wildman–Crippen LogP) is 2.25. The van der Waals surface area contributed by atoms with Crippen molar-refractivity contribution in [3.05, 3.63) is 11.6 Å². The summed E-state index contributed by atoms with van der Waals surface area (Å²) in [5.74, 6) is -3.96. The van der Waals surface area contributed by atoms with E-state index in [4.69, 9.17) is 11.6 Å². The van der Waals surface area contributed by atoms with E-state index in [0.717, 1.165) is 6.08 Å². The maximum atomic E-state index is 16.8. The number of Topliss-reactive ketones (excluding diaryl/α,β-unsaturated/α-hetero) is 2. The van der Waals surface area contributed by atoms with E-state index >= 15 is 8.78 Å². The highest BCUT2D eigenvalue weighted by molar-refractivity contribution is 6.42. The van der Waals surface area contributed by atoms with Gasteiger partial charge in [0.2, 0.25) is 11.6 Å². The lowest BCUT2D eigenvalue weighted by Crippen LogP contribution is -2.69. The number of halogens is 3. The summed E-state index contributed by atoms with van der Waals surface area (Å²) in [7, 11) is 0. The fourth-order valence-electron chi connectivity index (χ4n) is 6.89. The average Bonchev–Trinajstić information content (AvgIpc) is 2.94. The molecule has 0 amide bonds. The maximum absolute atomic E-state index is 16.8. The molecule has 0 aromatic carbocycles. The van der Waals surface area contributed by atoms with Crippen LogP contribution in [0.25, 0.3) is 0 Å². The van der Waals surface area contributed by atoms with Gasteiger partial charge in [0, 0.05) is 23.2 Å². The molecule has 0 radical (unpaired) electrons. The molecule has 4 aliphatic carbocycles. The molecule has 4 aliphatic rings. The molecule has 2 unspecified atom stereocenters. The summed E-state index contributed by atoms with van der Waals surface area (Å²) < 4.78 is 32.2. The van der Waals surface area contributed by atoms with E-state index in [1.54, 1.807) is 6.92 Å². The van der Waals surface area contributed by atoms with Crippen LogP contribution in [0.15, 0.2) is 11.6 Å². The summed E-state index contributed by atoms with van der Waals surface area (Å²) in [6.45, 7) is 2.33. The summed E-state index contributed by atoms with van der Waals surface area (Å²) in [6.07, 6.45) is -1.02. The van der Waals surface area contributed by atoms with Crippen molar-refractivity contribution in [3.63, 3.8) is 0 Å². The quantitative estimate of drug-likeness (QED) is 0.518. The van der Waals surface area contributed by atoms with Gasteiger partial charge in [-0.05, 0) is 43.3 Å². The second-order valence-corrected chi connectivity index (χ2v) is 10.1. The highest BCUT2D eigenvalue weighted by Gasteiger charge is 2.75. The molecule has 0 aromatic rings. The van der Waals surface area contributed by atoms with Gasteiger partial charge in [0.1, 0.15) is 24.0 Å². The van der Waals surface area contributed by atoms with Gasteiger partial charge in [-0.2, -0.15) is 0 Å². The number of rotatable bonds is 2. The van der Waals surface area contributed by atoms with E-state index in [1.807, 2.05) is 0 Å². The molecule has 5 nitrogen and oxygen atoms in total. The first-order chi connectivity index (χ1) is 13.4. The topological polar surface area (TPSA) is 91.7 Å². The highest BCUT2D eigenvalue weighted by Crippen LogP contribution is 2.71. The molecule has 3 fully saturated rings. The third-order valence-corrected chi connectivity index (χ3v) is 9.20. The molecular formula is C21H25ClF2O5. The van der Waals surface area contributed by atoms with Crippen LogP contribution in [0, 0.1) is 22.7 Å². The molecule has 8 heteroatoms. The lowest BCUT2D eigenvalue weighted by molar-refractivity contribution is -0.188. The third-order valence-electron chi connectivity index (χ3n) is 8.70. The zero-order valence-corrected chi connectivity index (χ0v) is 17.1. The SMILES string of the molecule is C[C@]12CC(=O)C(=O)C=C1C(F)C(Cl)[C@H]1[C@@H]3CC[C@](O)(C(=O)CO)[C@@]3(C)CC[C@@]12F. The lowest BCUT2D eigenvalue weighted by atomic mass is 9.44. The van der Waals surface area contributed by atoms with Crippen LogP contribution >= 0.6 is 11.6 Å². The van der Waals surface area contributed by atoms with Crippen molar-refractivity contribution in [2.24, 2.45) is 22.7 Å². The zero-order chi connectivity index (χ0) is 21.6. The number of carbonyl (C=O) groups excluding carboxylic acids is 3. The normalized spacial score (nSPS) is 51.8. The fourth-order valence-corrected chi connectivity index (χ4v) is 7.40. The Balaban J connectivity index is 1.85. The Kier molecular flexibility index (Phi) is 4.48. The fraction of sp³-hybridized carbons (Fsp3) is 0.762. The van der Waals surface area contributed by atoms with Crippen molar-refractivity contribution in [1.29, 1.82) is 0 Å². The first-order valence-electron chi connectivity index (χ1n) is 10.0. The molecule has 29 heavy (non-hydrogen) atoms. The first-order valence-corrected chi connectivity index (χ1v) is 10.4. The van der Waals surface area contributed by atoms with Crippen molar-refractivity contribution >= 4 is 29.0 Å². The van der Waals surface area contributed by atoms with Crippen LogP contribution in [0.5, 0.6) is 0 Å². The Morgan fingerprint density at radius 1 is 1.28 bits per heavy atom. The number of fused-ring (bicyclic) bond motifs is 5. The summed E-state index contributed by atoms with van der Waals surface area (Å²) in [6, 6.07) is 0. The molecule has 4 rings (SSSR count). The van der Waals surface area contributed by atoms with Crippen molar-refractivity contribution in [1.82, 2.24) is 0 Å². The van der Waals surface area contributed by atoms with E-state index in [0.29, 0.717) is 0 Å². The summed E-state index contributed by atoms with van der Waals surface area (Å²) in [5, 5.41) is 19.2. The van der Waals surface area contributed by atoms with Crippen LogP contribution in [-0.2, 0) is 14.4 Å². The van der Waals surface area contributed by atoms with Crippen molar-refractivity contribution in [3.8, 4) is 0 Å². The van der Waals surface area contributed by atoms with E-state index in [9.17, 15) is 24.6 Å². The Bertz CT molecular complexity index is 845. The lowest BCUT2D eigenvalue weighted by Gasteiger charge is -2.63. The molecule has 0 heterocycles. The molecule has 8 atom stereocenters. The molecule has 0 saturated heterocycles. The molecule has 0 bridgehead atoms. The second kappa shape index (κ2) is 6.17. The predicted molar refractivity (Wildman–Crippen MR) is 99.8 cm³/mol. The van der Waals surface area contributed by atoms with Crippen molar-refractivity contribution in [2.45, 2.75) is 68.8 Å². The summed E-state index contributed by atoms with van der Waals surface area (Å²) >= 11 is 6.46. The third kappa shape index (κ3) is 2.30. The Hall–Kier alpha value is -1.18. The van der Waals surface area contributed by atoms with Gasteiger partial charge in [-0.3, -0.25) is 14.4 Å². The molecule has 3 saturated carbocycles. The minimum absolute atomic E-state index is 0.0392. The Labute approximate surface area is 172 Å². The van der Waals surface area contributed by atoms with Crippen molar-refractivity contribution < 1.29 is 33.4 Å². The number of ketones is 3. The smallest absolute Gasteiger partial charge is 0.221 e. The number of aliphatic hydroxyl groups is 2. The summed E-state index contributed by atoms with van der Waals surface area (Å²) in [5.41, 5.74) is -6.51. The highest BCUT2D eigenvalue weighted by atomic mass is 35.5. The van der Waals surface area contributed by atoms with Crippen LogP contribution in [0.2, 0.25) is 0 Å². The van der Waals surface area contributed by atoms with E-state index in [-0.39, 0.29) is 31.3 Å². The van der Waals surface area contributed by atoms with Gasteiger partial charge >= 0.3 is 0 Å². The molecule has 0 aromatic heterocycles. The van der Waals surface area contributed by atoms with Crippen molar-refractivity contribution in [2.75, 3.05) is 6.61 Å². The second-order valence-electron chi connectivity index (χ2n) is 9.63. The minimum Gasteiger partial charge on any atom is -0.388 e. The maximum Gasteiger partial charge on any atom is 0.221 e. The number of carbonyl (C=O) groups is 3. The number of aliphatic hydroxyl groups excluding tert-OH is 1. The minimum atomic E-state index is -2.05. The molecule has 160 valence electrons. The van der Waals surface area contributed by atoms with E-state index < -0.39 is 75.9 Å². The molecule has 0 spiro atoms. The largest absolute Gasteiger partial charge is 0.388 e. The van der Waals surface area contributed by atoms with Gasteiger partial charge in [-0.15, -0.1) is 11.6 Å². The monoisotopic (exact) mass is 430 g/mol. The standard InChI is InChI=1S/C21H25ClF2O5/c1-18-5-6-20(24)15(10(18)3-4-21(18,29)14(28)9-25)16(22)17(23)11-7-12(26)13(27)8-19(11,20)2/h7,10,15-17,25,29H,3-6,8-9H2,1-2H3/t10-,15+,16?,17?,18-,19-,20+,21-/m0/s1. The van der Waals surface area contributed by atoms with Crippen LogP contribution < -0.4 is 0 Å². The van der Waals surface area contributed by atoms with Crippen LogP contribution in [0.4, 0.5) is 8.78 Å². The summed E-state index contributed by atoms with van der Waals surface area (Å²) in [4.78, 5) is 36.4. The first kappa shape index (κ1) is 21.1. The van der Waals surface area contributed by atoms with E-state index in [1.165, 1.54) is 6.92 Å². The molecular weight excluding hydrogens is 406 g/mol. The number of allylic oxidation sites excluding steroid dienone is 1. The van der Waals surface area contributed by atoms with Gasteiger partial charge < -0.3 is 10.2 Å². The van der Waals surface area contributed by atoms with Gasteiger partial charge in [-0.25, -0.2) is 8.78 Å². The zero-order valence-electron chi connectivity index (χ0n) is 16.4. The Morgan fingerprint density at radius 3 is 2.55 bits per heavy atom. The van der Waals surface area contributed by atoms with E-state index in [2.05, 4.69) is 0 Å². The van der Waals surface area contributed by atoms with Gasteiger partial charge in [0.05, 0.1) is 5.38 Å². The van der Waals surface area contributed by atoms with Gasteiger partial charge in [0.25, 0.3) is 0 Å². The Morgan fingerprint density at radius 2 is 1.93 bits per heavy atom. The van der Waals surface area contributed by atoms with Crippen LogP contribution in [0.3, 0.4) is 0 Å². The molecule has 2 N–H and O–H groups in total. The van der Waals surface area contributed by atoms with Crippen LogP contribution in [-0.4, -0.2) is 57.0 Å². The number of hydrogen-bond acceptors (Lipinski definition) is 5. The number of hydrogen-bond donors (Lipinski definition) is 2.